The summed E-state index contributed by atoms with van der Waals surface area (Å²) in [5, 5.41) is 2.21. The molecule has 0 aliphatic rings. The van der Waals surface area contributed by atoms with E-state index in [4.69, 9.17) is 9.40 Å². The smallest absolute Gasteiger partial charge is 0.136 e. The monoisotopic (exact) mass is 911 g/mol. The number of pyridine rings is 3. The molecule has 0 radical (unpaired) electrons. The van der Waals surface area contributed by atoms with Crippen LogP contribution in [-0.4, -0.2) is 15.0 Å². The molecule has 4 nitrogen and oxygen atoms in total. The Morgan fingerprint density at radius 1 is 0.254 bits per heavy atom. The predicted molar refractivity (Wildman–Crippen MR) is 293 cm³/mol. The summed E-state index contributed by atoms with van der Waals surface area (Å²) in [5.41, 5.74) is 22.5. The molecule has 0 unspecified atom stereocenters. The summed E-state index contributed by atoms with van der Waals surface area (Å²) in [6, 6.07) is 82.6. The largest absolute Gasteiger partial charge is 0.456 e. The maximum absolute atomic E-state index is 6.63. The fourth-order valence-electron chi connectivity index (χ4n) is 9.97. The van der Waals surface area contributed by atoms with Gasteiger partial charge in [0.1, 0.15) is 11.2 Å². The molecule has 0 saturated heterocycles. The zero-order valence-electron chi connectivity index (χ0n) is 39.2. The van der Waals surface area contributed by atoms with Crippen LogP contribution in [0.4, 0.5) is 0 Å². The van der Waals surface area contributed by atoms with Gasteiger partial charge < -0.3 is 4.42 Å². The van der Waals surface area contributed by atoms with E-state index in [9.17, 15) is 0 Å². The Balaban J connectivity index is 0.924. The van der Waals surface area contributed by atoms with Gasteiger partial charge in [-0.1, -0.05) is 164 Å². The zero-order valence-corrected chi connectivity index (χ0v) is 39.2. The van der Waals surface area contributed by atoms with Crippen LogP contribution in [-0.2, 0) is 25.7 Å². The van der Waals surface area contributed by atoms with Crippen molar-refractivity contribution in [2.24, 2.45) is 0 Å². The van der Waals surface area contributed by atoms with Crippen LogP contribution >= 0.6 is 0 Å². The van der Waals surface area contributed by atoms with Crippen LogP contribution < -0.4 is 0 Å². The van der Waals surface area contributed by atoms with E-state index in [0.717, 1.165) is 98.1 Å². The summed E-state index contributed by atoms with van der Waals surface area (Å²) in [7, 11) is 0. The third-order valence-electron chi connectivity index (χ3n) is 13.7. The Labute approximate surface area is 414 Å². The topological polar surface area (TPSA) is 51.8 Å². The molecule has 0 N–H and O–H groups in total. The van der Waals surface area contributed by atoms with Crippen LogP contribution in [0, 0.1) is 0 Å². The lowest BCUT2D eigenvalue weighted by molar-refractivity contribution is 0.669. The molecule has 0 bridgehead atoms. The molecule has 4 heteroatoms. The molecule has 0 aliphatic carbocycles. The first-order chi connectivity index (χ1) is 35.1. The van der Waals surface area contributed by atoms with Gasteiger partial charge in [0.05, 0.1) is 17.1 Å². The van der Waals surface area contributed by atoms with Gasteiger partial charge in [-0.25, -0.2) is 0 Å². The predicted octanol–water partition coefficient (Wildman–Crippen LogP) is 17.0. The number of rotatable bonds is 13. The van der Waals surface area contributed by atoms with Gasteiger partial charge in [0.15, 0.2) is 0 Å². The van der Waals surface area contributed by atoms with Crippen LogP contribution in [0.2, 0.25) is 0 Å². The maximum atomic E-state index is 6.63. The number of aromatic nitrogens is 3. The van der Waals surface area contributed by atoms with Crippen LogP contribution in [0.3, 0.4) is 0 Å². The number of benzene rings is 8. The van der Waals surface area contributed by atoms with Gasteiger partial charge in [0, 0.05) is 46.1 Å². The number of aryl methyl sites for hydroxylation is 4. The van der Waals surface area contributed by atoms with E-state index in [0.29, 0.717) is 0 Å². The van der Waals surface area contributed by atoms with Crippen molar-refractivity contribution in [2.75, 3.05) is 0 Å². The summed E-state index contributed by atoms with van der Waals surface area (Å²) in [6.07, 6.45) is 9.25. The lowest BCUT2D eigenvalue weighted by Crippen LogP contribution is -1.98. The minimum Gasteiger partial charge on any atom is -0.456 e. The molecule has 12 rings (SSSR count). The zero-order chi connectivity index (χ0) is 47.3. The highest BCUT2D eigenvalue weighted by Crippen LogP contribution is 2.43. The molecule has 0 aliphatic heterocycles. The quantitative estimate of drug-likeness (QED) is 0.116. The number of hydrogen-bond donors (Lipinski definition) is 0. The standard InChI is InChI=1S/C67H49N3O/c1-2-12-50(13-3-1)53-33-36-66-62(43-53)60-35-31-54(45-67(60)71-66)61-44-55(65-18-8-11-39-70-65)32-34-59(61)58-15-5-4-14-57(58)56-41-48(21-19-46-23-27-51(28-24-46)63-16-6-9-37-68-63)40-49(42-56)22-20-47-25-29-52(30-26-47)64-17-7-10-38-69-64/h1-18,23-45H,19-22H2. The molecular formula is C67H49N3O. The van der Waals surface area contributed by atoms with Gasteiger partial charge in [-0.05, 0) is 159 Å². The average molecular weight is 912 g/mol. The first-order valence-electron chi connectivity index (χ1n) is 24.5. The second kappa shape index (κ2) is 19.6. The van der Waals surface area contributed by atoms with E-state index < -0.39 is 0 Å². The summed E-state index contributed by atoms with van der Waals surface area (Å²) in [4.78, 5) is 13.9. The molecule has 0 atom stereocenters. The third kappa shape index (κ3) is 9.32. The number of fused-ring (bicyclic) bond motifs is 3. The van der Waals surface area contributed by atoms with Crippen molar-refractivity contribution in [2.45, 2.75) is 25.7 Å². The Hall–Kier alpha value is -8.99. The second-order valence-electron chi connectivity index (χ2n) is 18.3. The van der Waals surface area contributed by atoms with E-state index in [1.165, 1.54) is 50.1 Å². The van der Waals surface area contributed by atoms with Crippen molar-refractivity contribution < 1.29 is 4.42 Å². The minimum atomic E-state index is 0.861. The minimum absolute atomic E-state index is 0.861. The van der Waals surface area contributed by atoms with Crippen molar-refractivity contribution in [1.82, 2.24) is 15.0 Å². The van der Waals surface area contributed by atoms with Gasteiger partial charge >= 0.3 is 0 Å². The Morgan fingerprint density at radius 3 is 1.37 bits per heavy atom. The van der Waals surface area contributed by atoms with Crippen LogP contribution in [0.1, 0.15) is 22.3 Å². The van der Waals surface area contributed by atoms with Crippen LogP contribution in [0.25, 0.3) is 100 Å². The molecule has 4 heterocycles. The summed E-state index contributed by atoms with van der Waals surface area (Å²) >= 11 is 0. The van der Waals surface area contributed by atoms with Crippen molar-refractivity contribution in [3.05, 3.63) is 271 Å². The van der Waals surface area contributed by atoms with Gasteiger partial charge in [-0.2, -0.15) is 0 Å². The van der Waals surface area contributed by atoms with E-state index in [1.54, 1.807) is 0 Å². The third-order valence-corrected chi connectivity index (χ3v) is 13.7. The van der Waals surface area contributed by atoms with Crippen molar-refractivity contribution in [3.63, 3.8) is 0 Å². The number of hydrogen-bond acceptors (Lipinski definition) is 4. The fraction of sp³-hybridized carbons (Fsp3) is 0.0597. The fourth-order valence-corrected chi connectivity index (χ4v) is 9.97. The first kappa shape index (κ1) is 43.3. The van der Waals surface area contributed by atoms with Crippen LogP contribution in [0.5, 0.6) is 0 Å². The number of furan rings is 1. The lowest BCUT2D eigenvalue weighted by Gasteiger charge is -2.18. The SMILES string of the molecule is c1ccc(-c2ccc3oc4cc(-c5cc(-c6ccccn6)ccc5-c5ccccc5-c5cc(CCc6ccc(-c7ccccn7)cc6)cc(CCc6ccc(-c7ccccn7)cc6)c5)ccc4c3c2)cc1. The highest BCUT2D eigenvalue weighted by atomic mass is 16.3. The van der Waals surface area contributed by atoms with E-state index in [2.05, 4.69) is 210 Å². The van der Waals surface area contributed by atoms with Crippen molar-refractivity contribution >= 4 is 21.9 Å². The maximum Gasteiger partial charge on any atom is 0.136 e. The normalized spacial score (nSPS) is 11.3. The molecule has 0 amide bonds. The molecule has 0 spiro atoms. The second-order valence-corrected chi connectivity index (χ2v) is 18.3. The average Bonchev–Trinajstić information content (AvgIpc) is 3.82. The van der Waals surface area contributed by atoms with E-state index >= 15 is 0 Å². The molecule has 12 aromatic rings. The highest BCUT2D eigenvalue weighted by Gasteiger charge is 2.18. The lowest BCUT2D eigenvalue weighted by atomic mass is 9.86. The molecule has 0 saturated carbocycles. The van der Waals surface area contributed by atoms with E-state index in [1.807, 2.05) is 48.9 Å². The first-order valence-corrected chi connectivity index (χ1v) is 24.5. The molecular weight excluding hydrogens is 863 g/mol. The Morgan fingerprint density at radius 2 is 0.761 bits per heavy atom. The Kier molecular flexibility index (Phi) is 11.9. The molecule has 338 valence electrons. The van der Waals surface area contributed by atoms with Gasteiger partial charge in [-0.3, -0.25) is 15.0 Å². The van der Waals surface area contributed by atoms with Gasteiger partial charge in [0.25, 0.3) is 0 Å². The summed E-state index contributed by atoms with van der Waals surface area (Å²) in [6.45, 7) is 0. The molecule has 0 fully saturated rings. The van der Waals surface area contributed by atoms with Crippen LogP contribution in [0.15, 0.2) is 254 Å². The van der Waals surface area contributed by atoms with E-state index in [-0.39, 0.29) is 0 Å². The van der Waals surface area contributed by atoms with Crippen molar-refractivity contribution in [1.29, 1.82) is 0 Å². The molecule has 4 aromatic heterocycles. The number of nitrogens with zero attached hydrogens (tertiary/aromatic N) is 3. The van der Waals surface area contributed by atoms with Gasteiger partial charge in [-0.15, -0.1) is 0 Å². The Bertz CT molecular complexity index is 3670. The molecule has 8 aromatic carbocycles. The summed E-state index contributed by atoms with van der Waals surface area (Å²) < 4.78 is 6.63. The molecule has 71 heavy (non-hydrogen) atoms. The van der Waals surface area contributed by atoms with Crippen molar-refractivity contribution in [3.8, 4) is 78.3 Å². The highest BCUT2D eigenvalue weighted by molar-refractivity contribution is 6.08. The van der Waals surface area contributed by atoms with Gasteiger partial charge in [0.2, 0.25) is 0 Å². The summed E-state index contributed by atoms with van der Waals surface area (Å²) in [5.74, 6) is 0.